The van der Waals surface area contributed by atoms with Crippen LogP contribution < -0.4 is 10.1 Å². The molecular formula is C20H22ClN3O4. The molecule has 0 saturated heterocycles. The first-order chi connectivity index (χ1) is 13.4. The van der Waals surface area contributed by atoms with E-state index in [0.29, 0.717) is 40.5 Å². The number of nitrogens with zero attached hydrogens (tertiary/aromatic N) is 2. The Hall–Kier alpha value is -2.54. The van der Waals surface area contributed by atoms with Crippen LogP contribution in [0.5, 0.6) is 5.75 Å². The second-order valence-corrected chi connectivity index (χ2v) is 7.58. The van der Waals surface area contributed by atoms with E-state index in [0.717, 1.165) is 24.1 Å². The number of carbonyl (C=O) groups is 1. The first-order valence-electron chi connectivity index (χ1n) is 9.41. The van der Waals surface area contributed by atoms with Gasteiger partial charge in [-0.05, 0) is 32.8 Å². The minimum atomic E-state index is -0.198. The van der Waals surface area contributed by atoms with Crippen LogP contribution in [0.1, 0.15) is 68.8 Å². The lowest BCUT2D eigenvalue weighted by Crippen LogP contribution is -2.23. The van der Waals surface area contributed by atoms with Crippen LogP contribution in [-0.2, 0) is 4.79 Å². The zero-order chi connectivity index (χ0) is 19.8. The van der Waals surface area contributed by atoms with Crippen molar-refractivity contribution in [1.82, 2.24) is 15.5 Å². The average molecular weight is 404 g/mol. The standard InChI is InChI=1S/C20H22ClN3O4/c1-4-26-18-9-19-16(7-14(18)21)23-20(27-19)13-5-12(6-13)15-8-17(28-24-15)10(2)22-11(3)25/h7-10,12-13H,4-6H2,1-3H3,(H,22,25)/t10-,12?,13?/m0/s1. The molecule has 148 valence electrons. The van der Waals surface area contributed by atoms with Crippen molar-refractivity contribution in [3.63, 3.8) is 0 Å². The molecule has 1 saturated carbocycles. The molecule has 1 amide bonds. The van der Waals surface area contributed by atoms with Gasteiger partial charge in [-0.2, -0.15) is 0 Å². The summed E-state index contributed by atoms with van der Waals surface area (Å²) in [5.74, 6) is 2.41. The number of aromatic nitrogens is 2. The Labute approximate surface area is 167 Å². The van der Waals surface area contributed by atoms with Gasteiger partial charge in [0.1, 0.15) is 11.3 Å². The number of halogens is 1. The van der Waals surface area contributed by atoms with Gasteiger partial charge in [0.05, 0.1) is 23.4 Å². The first-order valence-corrected chi connectivity index (χ1v) is 9.78. The van der Waals surface area contributed by atoms with Crippen molar-refractivity contribution in [2.75, 3.05) is 6.61 Å². The lowest BCUT2D eigenvalue weighted by Gasteiger charge is -2.31. The molecule has 1 aliphatic carbocycles. The Morgan fingerprint density at radius 3 is 2.86 bits per heavy atom. The molecule has 4 rings (SSSR count). The predicted molar refractivity (Wildman–Crippen MR) is 104 cm³/mol. The topological polar surface area (TPSA) is 90.4 Å². The van der Waals surface area contributed by atoms with Crippen molar-refractivity contribution in [3.05, 3.63) is 40.6 Å². The van der Waals surface area contributed by atoms with Crippen molar-refractivity contribution in [2.24, 2.45) is 0 Å². The summed E-state index contributed by atoms with van der Waals surface area (Å²) in [6.07, 6.45) is 1.78. The van der Waals surface area contributed by atoms with E-state index >= 15 is 0 Å². The molecule has 0 spiro atoms. The Kier molecular flexibility index (Phi) is 5.02. The Morgan fingerprint density at radius 2 is 2.14 bits per heavy atom. The van der Waals surface area contributed by atoms with Crippen LogP contribution in [0.15, 0.2) is 27.1 Å². The molecule has 0 bridgehead atoms. The second kappa shape index (κ2) is 7.47. The van der Waals surface area contributed by atoms with E-state index in [4.69, 9.17) is 25.3 Å². The smallest absolute Gasteiger partial charge is 0.217 e. The summed E-state index contributed by atoms with van der Waals surface area (Å²) in [4.78, 5) is 15.8. The van der Waals surface area contributed by atoms with Crippen LogP contribution in [-0.4, -0.2) is 22.7 Å². The number of oxazole rings is 1. The van der Waals surface area contributed by atoms with Crippen molar-refractivity contribution in [3.8, 4) is 5.75 Å². The lowest BCUT2D eigenvalue weighted by molar-refractivity contribution is -0.119. The highest BCUT2D eigenvalue weighted by Crippen LogP contribution is 2.48. The number of carbonyl (C=O) groups excluding carboxylic acids is 1. The van der Waals surface area contributed by atoms with E-state index in [1.807, 2.05) is 19.9 Å². The number of amides is 1. The molecule has 28 heavy (non-hydrogen) atoms. The number of hydrogen-bond acceptors (Lipinski definition) is 6. The maximum absolute atomic E-state index is 11.2. The van der Waals surface area contributed by atoms with Gasteiger partial charge in [-0.25, -0.2) is 4.98 Å². The van der Waals surface area contributed by atoms with Gasteiger partial charge in [-0.15, -0.1) is 0 Å². The second-order valence-electron chi connectivity index (χ2n) is 7.18. The number of rotatable bonds is 6. The van der Waals surface area contributed by atoms with Crippen LogP contribution >= 0.6 is 11.6 Å². The van der Waals surface area contributed by atoms with Gasteiger partial charge in [-0.1, -0.05) is 16.8 Å². The number of benzene rings is 1. The zero-order valence-corrected chi connectivity index (χ0v) is 16.7. The molecule has 7 nitrogen and oxygen atoms in total. The van der Waals surface area contributed by atoms with Crippen LogP contribution in [0.3, 0.4) is 0 Å². The largest absolute Gasteiger partial charge is 0.492 e. The SMILES string of the molecule is CCOc1cc2oc(C3CC(c4cc([C@H](C)NC(C)=O)on4)C3)nc2cc1Cl. The van der Waals surface area contributed by atoms with E-state index in [1.165, 1.54) is 6.92 Å². The number of nitrogens with one attached hydrogen (secondary N) is 1. The normalized spacial score (nSPS) is 20.0. The Morgan fingerprint density at radius 1 is 1.36 bits per heavy atom. The van der Waals surface area contributed by atoms with Gasteiger partial charge in [0.25, 0.3) is 0 Å². The fourth-order valence-corrected chi connectivity index (χ4v) is 3.74. The van der Waals surface area contributed by atoms with E-state index in [2.05, 4.69) is 15.5 Å². The van der Waals surface area contributed by atoms with E-state index in [-0.39, 0.29) is 17.9 Å². The molecule has 1 aromatic carbocycles. The first kappa shape index (κ1) is 18.8. The summed E-state index contributed by atoms with van der Waals surface area (Å²) in [5.41, 5.74) is 2.32. The highest BCUT2D eigenvalue weighted by molar-refractivity contribution is 6.32. The molecule has 1 atom stereocenters. The predicted octanol–water partition coefficient (Wildman–Crippen LogP) is 4.73. The van der Waals surface area contributed by atoms with E-state index in [1.54, 1.807) is 12.1 Å². The number of hydrogen-bond donors (Lipinski definition) is 1. The molecular weight excluding hydrogens is 382 g/mol. The molecule has 0 radical (unpaired) electrons. The van der Waals surface area contributed by atoms with Crippen molar-refractivity contribution in [2.45, 2.75) is 51.5 Å². The van der Waals surface area contributed by atoms with E-state index < -0.39 is 0 Å². The third-order valence-electron chi connectivity index (χ3n) is 5.06. The van der Waals surface area contributed by atoms with Gasteiger partial charge < -0.3 is 19.0 Å². The summed E-state index contributed by atoms with van der Waals surface area (Å²) in [6, 6.07) is 5.29. The third-order valence-corrected chi connectivity index (χ3v) is 5.35. The van der Waals surface area contributed by atoms with Gasteiger partial charge >= 0.3 is 0 Å². The maximum atomic E-state index is 11.2. The summed E-state index contributed by atoms with van der Waals surface area (Å²) < 4.78 is 16.8. The monoisotopic (exact) mass is 403 g/mol. The molecule has 3 aromatic rings. The highest BCUT2D eigenvalue weighted by atomic mass is 35.5. The highest BCUT2D eigenvalue weighted by Gasteiger charge is 2.37. The molecule has 0 aliphatic heterocycles. The summed E-state index contributed by atoms with van der Waals surface area (Å²) in [6.45, 7) is 5.80. The lowest BCUT2D eigenvalue weighted by atomic mass is 9.73. The van der Waals surface area contributed by atoms with Crippen LogP contribution in [0.2, 0.25) is 5.02 Å². The van der Waals surface area contributed by atoms with Gasteiger partial charge in [0.15, 0.2) is 17.2 Å². The van der Waals surface area contributed by atoms with Gasteiger partial charge in [0, 0.05) is 30.9 Å². The maximum Gasteiger partial charge on any atom is 0.217 e. The molecule has 0 unspecified atom stereocenters. The van der Waals surface area contributed by atoms with Crippen molar-refractivity contribution >= 4 is 28.6 Å². The minimum absolute atomic E-state index is 0.0993. The molecule has 2 aromatic heterocycles. The number of ether oxygens (including phenoxy) is 1. The fraction of sp³-hybridized carbons (Fsp3) is 0.450. The van der Waals surface area contributed by atoms with E-state index in [9.17, 15) is 4.79 Å². The van der Waals surface area contributed by atoms with Crippen LogP contribution in [0, 0.1) is 0 Å². The Bertz CT molecular complexity index is 1010. The Balaban J connectivity index is 1.44. The van der Waals surface area contributed by atoms with Gasteiger partial charge in [0.2, 0.25) is 5.91 Å². The fourth-order valence-electron chi connectivity index (χ4n) is 3.53. The van der Waals surface area contributed by atoms with Crippen LogP contribution in [0.25, 0.3) is 11.1 Å². The van der Waals surface area contributed by atoms with Crippen molar-refractivity contribution in [1.29, 1.82) is 0 Å². The average Bonchev–Trinajstić information content (AvgIpc) is 3.21. The number of fused-ring (bicyclic) bond motifs is 1. The third kappa shape index (κ3) is 3.58. The minimum Gasteiger partial charge on any atom is -0.492 e. The molecule has 8 heteroatoms. The quantitative estimate of drug-likeness (QED) is 0.640. The zero-order valence-electron chi connectivity index (χ0n) is 16.0. The summed E-state index contributed by atoms with van der Waals surface area (Å²) >= 11 is 6.23. The van der Waals surface area contributed by atoms with Crippen molar-refractivity contribution < 1.29 is 18.5 Å². The molecule has 1 fully saturated rings. The summed E-state index contributed by atoms with van der Waals surface area (Å²) in [7, 11) is 0. The van der Waals surface area contributed by atoms with Gasteiger partial charge in [-0.3, -0.25) is 4.79 Å². The molecule has 1 aliphatic rings. The molecule has 2 heterocycles. The summed E-state index contributed by atoms with van der Waals surface area (Å²) in [5, 5.41) is 7.50. The van der Waals surface area contributed by atoms with Crippen LogP contribution in [0.4, 0.5) is 0 Å². The molecule has 1 N–H and O–H groups in total.